The van der Waals surface area contributed by atoms with Gasteiger partial charge < -0.3 is 19.7 Å². The summed E-state index contributed by atoms with van der Waals surface area (Å²) in [5.41, 5.74) is -2.01. The van der Waals surface area contributed by atoms with Crippen LogP contribution in [0, 0.1) is 28.6 Å². The Morgan fingerprint density at radius 2 is 2.03 bits per heavy atom. The molecule has 30 heavy (non-hydrogen) atoms. The van der Waals surface area contributed by atoms with Crippen molar-refractivity contribution < 1.29 is 34.1 Å². The second-order valence-corrected chi connectivity index (χ2v) is 9.70. The molecule has 7 atom stereocenters. The van der Waals surface area contributed by atoms with Gasteiger partial charge in [0.2, 0.25) is 5.60 Å². The Morgan fingerprint density at radius 3 is 2.70 bits per heavy atom. The number of aliphatic hydroxyl groups excluding tert-OH is 1. The second-order valence-electron chi connectivity index (χ2n) is 9.49. The van der Waals surface area contributed by atoms with Gasteiger partial charge in [0, 0.05) is 16.7 Å². The van der Waals surface area contributed by atoms with E-state index in [9.17, 15) is 24.6 Å². The van der Waals surface area contributed by atoms with Crippen LogP contribution in [-0.2, 0) is 19.1 Å². The molecule has 164 valence electrons. The molecule has 0 bridgehead atoms. The van der Waals surface area contributed by atoms with Crippen molar-refractivity contribution in [3.8, 4) is 0 Å². The highest BCUT2D eigenvalue weighted by Gasteiger charge is 2.71. The van der Waals surface area contributed by atoms with Gasteiger partial charge in [-0.25, -0.2) is 9.59 Å². The van der Waals surface area contributed by atoms with Crippen LogP contribution < -0.4 is 0 Å². The predicted molar refractivity (Wildman–Crippen MR) is 107 cm³/mol. The minimum Gasteiger partial charge on any atom is -0.450 e. The van der Waals surface area contributed by atoms with Gasteiger partial charge in [-0.05, 0) is 56.1 Å². The Bertz CT molecular complexity index is 850. The van der Waals surface area contributed by atoms with Crippen LogP contribution >= 0.6 is 11.6 Å². The maximum Gasteiger partial charge on any atom is 0.506 e. The number of carboxylic acid groups (broad SMARTS) is 1. The first kappa shape index (κ1) is 21.4. The van der Waals surface area contributed by atoms with Crippen LogP contribution in [0.2, 0.25) is 0 Å². The third-order valence-electron chi connectivity index (χ3n) is 8.39. The molecule has 8 heteroatoms. The zero-order chi connectivity index (χ0) is 21.9. The monoisotopic (exact) mass is 438 g/mol. The van der Waals surface area contributed by atoms with Crippen LogP contribution in [0.15, 0.2) is 23.8 Å². The summed E-state index contributed by atoms with van der Waals surface area (Å²) in [6, 6.07) is -0.399. The molecule has 4 aliphatic carbocycles. The van der Waals surface area contributed by atoms with Crippen molar-refractivity contribution in [2.75, 3.05) is 6.07 Å². The van der Waals surface area contributed by atoms with Gasteiger partial charge in [0.15, 0.2) is 11.8 Å². The summed E-state index contributed by atoms with van der Waals surface area (Å²) in [5.74, 6) is -0.917. The molecule has 3 fully saturated rings. The average molecular weight is 439 g/mol. The Balaban J connectivity index is 1.76. The minimum absolute atomic E-state index is 0.0301. The molecule has 0 amide bonds. The maximum absolute atomic E-state index is 12.9. The summed E-state index contributed by atoms with van der Waals surface area (Å²) in [6.07, 6.45) is 5.30. The van der Waals surface area contributed by atoms with E-state index in [1.54, 1.807) is 12.2 Å². The molecular weight excluding hydrogens is 412 g/mol. The normalized spacial score (nSPS) is 44.4. The number of aliphatic hydroxyl groups is 1. The third-order valence-corrected chi connectivity index (χ3v) is 8.50. The van der Waals surface area contributed by atoms with E-state index in [-0.39, 0.29) is 36.4 Å². The summed E-state index contributed by atoms with van der Waals surface area (Å²) in [5, 5.41) is 20.7. The van der Waals surface area contributed by atoms with Gasteiger partial charge in [-0.3, -0.25) is 4.79 Å². The summed E-state index contributed by atoms with van der Waals surface area (Å²) in [4.78, 5) is 36.4. The first-order chi connectivity index (χ1) is 14.1. The van der Waals surface area contributed by atoms with E-state index in [0.29, 0.717) is 6.42 Å². The van der Waals surface area contributed by atoms with Gasteiger partial charge in [0.1, 0.15) is 0 Å². The van der Waals surface area contributed by atoms with Crippen molar-refractivity contribution in [1.82, 2.24) is 0 Å². The van der Waals surface area contributed by atoms with Crippen LogP contribution in [0.3, 0.4) is 0 Å². The highest BCUT2D eigenvalue weighted by Crippen LogP contribution is 2.67. The van der Waals surface area contributed by atoms with Gasteiger partial charge in [-0.15, -0.1) is 0 Å². The molecule has 0 aromatic rings. The summed E-state index contributed by atoms with van der Waals surface area (Å²) < 4.78 is 10.3. The topological polar surface area (TPSA) is 110 Å². The SMILES string of the molecule is CC12C=CC(=O)C=C1CCC1C2C(O)CC2(C)C1CC[C@@]2(OC(=O)O)C(=O)OCCl. The molecule has 4 aliphatic rings. The first-order valence-electron chi connectivity index (χ1n) is 10.4. The molecule has 3 saturated carbocycles. The maximum atomic E-state index is 12.9. The van der Waals surface area contributed by atoms with Crippen molar-refractivity contribution in [1.29, 1.82) is 0 Å². The van der Waals surface area contributed by atoms with Gasteiger partial charge in [-0.2, -0.15) is 0 Å². The smallest absolute Gasteiger partial charge is 0.450 e. The van der Waals surface area contributed by atoms with Crippen molar-refractivity contribution >= 4 is 29.5 Å². The molecule has 0 radical (unpaired) electrons. The molecule has 4 rings (SSSR count). The van der Waals surface area contributed by atoms with Gasteiger partial charge >= 0.3 is 12.1 Å². The van der Waals surface area contributed by atoms with E-state index in [1.807, 2.05) is 13.0 Å². The summed E-state index contributed by atoms with van der Waals surface area (Å²) in [6.45, 7) is 3.89. The number of esters is 1. The predicted octanol–water partition coefficient (Wildman–Crippen LogP) is 3.44. The number of hydrogen-bond acceptors (Lipinski definition) is 6. The van der Waals surface area contributed by atoms with E-state index in [4.69, 9.17) is 21.1 Å². The number of carbonyl (C=O) groups excluding carboxylic acids is 2. The number of alkyl halides is 1. The number of allylic oxidation sites excluding steroid dienone is 4. The molecule has 2 N–H and O–H groups in total. The number of ketones is 1. The van der Waals surface area contributed by atoms with E-state index in [0.717, 1.165) is 18.4 Å². The lowest BCUT2D eigenvalue weighted by atomic mass is 9.46. The Hall–Kier alpha value is -1.86. The van der Waals surface area contributed by atoms with Gasteiger partial charge in [-0.1, -0.05) is 37.1 Å². The number of fused-ring (bicyclic) bond motifs is 5. The molecule has 6 unspecified atom stereocenters. The fourth-order valence-electron chi connectivity index (χ4n) is 7.17. The number of hydrogen-bond donors (Lipinski definition) is 2. The van der Waals surface area contributed by atoms with E-state index in [1.165, 1.54) is 0 Å². The molecule has 0 saturated heterocycles. The third kappa shape index (κ3) is 2.78. The van der Waals surface area contributed by atoms with E-state index < -0.39 is 40.7 Å². The van der Waals surface area contributed by atoms with Crippen molar-refractivity contribution in [2.24, 2.45) is 28.6 Å². The zero-order valence-electron chi connectivity index (χ0n) is 17.1. The van der Waals surface area contributed by atoms with E-state index >= 15 is 0 Å². The second kappa shape index (κ2) is 7.09. The van der Waals surface area contributed by atoms with Crippen molar-refractivity contribution in [3.63, 3.8) is 0 Å². The summed E-state index contributed by atoms with van der Waals surface area (Å²) in [7, 11) is 0. The fraction of sp³-hybridized carbons (Fsp3) is 0.682. The van der Waals surface area contributed by atoms with Crippen molar-refractivity contribution in [3.05, 3.63) is 23.8 Å². The Labute approximate surface area is 180 Å². The zero-order valence-corrected chi connectivity index (χ0v) is 17.9. The average Bonchev–Trinajstić information content (AvgIpc) is 2.94. The fourth-order valence-corrected chi connectivity index (χ4v) is 7.27. The number of ether oxygens (including phenoxy) is 2. The van der Waals surface area contributed by atoms with Crippen LogP contribution in [0.4, 0.5) is 4.79 Å². The molecule has 0 aromatic heterocycles. The molecular formula is C22H27ClO7. The lowest BCUT2D eigenvalue weighted by Gasteiger charge is -2.59. The highest BCUT2D eigenvalue weighted by molar-refractivity contribution is 6.17. The minimum atomic E-state index is -1.69. The quantitative estimate of drug-likeness (QED) is 0.513. The Kier molecular flexibility index (Phi) is 5.05. The highest BCUT2D eigenvalue weighted by atomic mass is 35.5. The number of halogens is 1. The summed E-state index contributed by atoms with van der Waals surface area (Å²) >= 11 is 5.60. The number of rotatable bonds is 3. The molecule has 0 heterocycles. The Morgan fingerprint density at radius 1 is 1.30 bits per heavy atom. The molecule has 7 nitrogen and oxygen atoms in total. The molecule has 0 spiro atoms. The van der Waals surface area contributed by atoms with E-state index in [2.05, 4.69) is 6.92 Å². The lowest BCUT2D eigenvalue weighted by Crippen LogP contribution is -2.62. The van der Waals surface area contributed by atoms with Crippen LogP contribution in [0.25, 0.3) is 0 Å². The van der Waals surface area contributed by atoms with Crippen LogP contribution in [0.1, 0.15) is 46.0 Å². The molecule has 0 aromatic carbocycles. The lowest BCUT2D eigenvalue weighted by molar-refractivity contribution is -0.198. The van der Waals surface area contributed by atoms with Gasteiger partial charge in [0.05, 0.1) is 6.10 Å². The van der Waals surface area contributed by atoms with Gasteiger partial charge in [0.25, 0.3) is 0 Å². The first-order valence-corrected chi connectivity index (χ1v) is 10.9. The standard InChI is InChI=1S/C22H27ClO7/c1-20-7-5-13(24)9-12(20)3-4-14-15-6-8-22(30-19(27)28,18(26)29-11-23)21(15,2)10-16(25)17(14)20/h5,7,9,14-17,25H,3-4,6,8,10-11H2,1-2H3,(H,27,28)/t14?,15?,16?,17?,20?,21?,22-/m1/s1. The molecule has 0 aliphatic heterocycles. The van der Waals surface area contributed by atoms with Crippen LogP contribution in [0.5, 0.6) is 0 Å². The van der Waals surface area contributed by atoms with Crippen LogP contribution in [-0.4, -0.2) is 45.9 Å². The largest absolute Gasteiger partial charge is 0.506 e. The van der Waals surface area contributed by atoms with Crippen molar-refractivity contribution in [2.45, 2.75) is 57.7 Å². The number of carbonyl (C=O) groups is 3.